The van der Waals surface area contributed by atoms with Crippen LogP contribution >= 0.6 is 0 Å². The standard InChI is InChI=1S/C17H27NO/c1-14(18)8-9-15-10-12-17(13-11-15)19-16-6-4-2-3-5-7-16/h10-14,16H,2-9,18H2,1H3. The van der Waals surface area contributed by atoms with Gasteiger partial charge in [0.1, 0.15) is 5.75 Å². The number of benzene rings is 1. The van der Waals surface area contributed by atoms with Crippen LogP contribution in [0.2, 0.25) is 0 Å². The minimum Gasteiger partial charge on any atom is -0.490 e. The molecule has 2 heteroatoms. The van der Waals surface area contributed by atoms with Gasteiger partial charge in [-0.25, -0.2) is 0 Å². The minimum absolute atomic E-state index is 0.280. The van der Waals surface area contributed by atoms with Crippen molar-refractivity contribution in [3.8, 4) is 5.75 Å². The SMILES string of the molecule is CC(N)CCc1ccc(OC2CCCCCC2)cc1. The van der Waals surface area contributed by atoms with Crippen molar-refractivity contribution in [3.63, 3.8) is 0 Å². The Balaban J connectivity index is 1.83. The van der Waals surface area contributed by atoms with Crippen molar-refractivity contribution in [2.75, 3.05) is 0 Å². The van der Waals surface area contributed by atoms with E-state index in [1.54, 1.807) is 0 Å². The molecule has 0 aromatic heterocycles. The van der Waals surface area contributed by atoms with Gasteiger partial charge in [-0.1, -0.05) is 25.0 Å². The second kappa shape index (κ2) is 7.54. The zero-order valence-electron chi connectivity index (χ0n) is 12.1. The fourth-order valence-electron chi connectivity index (χ4n) is 2.68. The lowest BCUT2D eigenvalue weighted by atomic mass is 10.1. The summed E-state index contributed by atoms with van der Waals surface area (Å²) in [4.78, 5) is 0. The topological polar surface area (TPSA) is 35.2 Å². The Labute approximate surface area is 117 Å². The molecule has 1 aliphatic rings. The molecule has 0 radical (unpaired) electrons. The van der Waals surface area contributed by atoms with Crippen molar-refractivity contribution >= 4 is 0 Å². The van der Waals surface area contributed by atoms with Gasteiger partial charge in [0.2, 0.25) is 0 Å². The van der Waals surface area contributed by atoms with E-state index in [1.165, 1.54) is 44.1 Å². The van der Waals surface area contributed by atoms with Gasteiger partial charge in [-0.2, -0.15) is 0 Å². The van der Waals surface area contributed by atoms with Crippen LogP contribution in [0.5, 0.6) is 5.75 Å². The zero-order valence-corrected chi connectivity index (χ0v) is 12.1. The highest BCUT2D eigenvalue weighted by molar-refractivity contribution is 5.27. The Kier molecular flexibility index (Phi) is 5.71. The Bertz CT molecular complexity index is 350. The van der Waals surface area contributed by atoms with Gasteiger partial charge in [-0.3, -0.25) is 0 Å². The Morgan fingerprint density at radius 2 is 1.74 bits per heavy atom. The lowest BCUT2D eigenvalue weighted by Gasteiger charge is -2.17. The summed E-state index contributed by atoms with van der Waals surface area (Å²) in [6.07, 6.45) is 10.3. The first-order valence-electron chi connectivity index (χ1n) is 7.75. The van der Waals surface area contributed by atoms with Gasteiger partial charge in [-0.05, 0) is 63.1 Å². The molecule has 2 N–H and O–H groups in total. The van der Waals surface area contributed by atoms with Crippen LogP contribution in [-0.4, -0.2) is 12.1 Å². The van der Waals surface area contributed by atoms with Crippen molar-refractivity contribution in [2.24, 2.45) is 5.73 Å². The van der Waals surface area contributed by atoms with Crippen LogP contribution in [0.25, 0.3) is 0 Å². The highest BCUT2D eigenvalue weighted by atomic mass is 16.5. The summed E-state index contributed by atoms with van der Waals surface area (Å²) < 4.78 is 6.09. The molecule has 1 fully saturated rings. The van der Waals surface area contributed by atoms with E-state index in [1.807, 2.05) is 0 Å². The quantitative estimate of drug-likeness (QED) is 0.811. The van der Waals surface area contributed by atoms with Crippen LogP contribution in [0, 0.1) is 0 Å². The molecule has 2 nitrogen and oxygen atoms in total. The molecule has 0 amide bonds. The van der Waals surface area contributed by atoms with E-state index in [2.05, 4.69) is 31.2 Å². The number of hydrogen-bond acceptors (Lipinski definition) is 2. The van der Waals surface area contributed by atoms with Crippen LogP contribution in [0.1, 0.15) is 57.4 Å². The number of aryl methyl sites for hydroxylation is 1. The maximum atomic E-state index is 6.09. The molecule has 0 aliphatic heterocycles. The maximum Gasteiger partial charge on any atom is 0.119 e. The number of ether oxygens (including phenoxy) is 1. The Morgan fingerprint density at radius 3 is 2.32 bits per heavy atom. The lowest BCUT2D eigenvalue weighted by molar-refractivity contribution is 0.183. The van der Waals surface area contributed by atoms with Crippen molar-refractivity contribution in [2.45, 2.75) is 70.4 Å². The number of rotatable bonds is 5. The Hall–Kier alpha value is -1.02. The molecule has 0 bridgehead atoms. The molecule has 0 heterocycles. The molecule has 2 rings (SSSR count). The van der Waals surface area contributed by atoms with Gasteiger partial charge < -0.3 is 10.5 Å². The third-order valence-electron chi connectivity index (χ3n) is 3.92. The average Bonchev–Trinajstić information content (AvgIpc) is 2.66. The molecule has 106 valence electrons. The number of hydrogen-bond donors (Lipinski definition) is 1. The van der Waals surface area contributed by atoms with E-state index in [9.17, 15) is 0 Å². The van der Waals surface area contributed by atoms with Gasteiger partial charge in [0.15, 0.2) is 0 Å². The fraction of sp³-hybridized carbons (Fsp3) is 0.647. The molecule has 1 aromatic carbocycles. The van der Waals surface area contributed by atoms with Gasteiger partial charge in [0.25, 0.3) is 0 Å². The largest absolute Gasteiger partial charge is 0.490 e. The van der Waals surface area contributed by atoms with E-state index >= 15 is 0 Å². The van der Waals surface area contributed by atoms with E-state index in [4.69, 9.17) is 10.5 Å². The summed E-state index contributed by atoms with van der Waals surface area (Å²) in [5, 5.41) is 0. The van der Waals surface area contributed by atoms with Crippen LogP contribution < -0.4 is 10.5 Å². The number of nitrogens with two attached hydrogens (primary N) is 1. The molecule has 1 atom stereocenters. The van der Waals surface area contributed by atoms with E-state index in [0.29, 0.717) is 6.10 Å². The maximum absolute atomic E-state index is 6.09. The van der Waals surface area contributed by atoms with Crippen LogP contribution in [0.15, 0.2) is 24.3 Å². The monoisotopic (exact) mass is 261 g/mol. The lowest BCUT2D eigenvalue weighted by Crippen LogP contribution is -2.15. The second-order valence-electron chi connectivity index (χ2n) is 5.89. The van der Waals surface area contributed by atoms with Gasteiger partial charge in [-0.15, -0.1) is 0 Å². The third kappa shape index (κ3) is 5.23. The summed E-state index contributed by atoms with van der Waals surface area (Å²) in [5.74, 6) is 1.02. The van der Waals surface area contributed by atoms with Crippen LogP contribution in [-0.2, 0) is 6.42 Å². The summed E-state index contributed by atoms with van der Waals surface area (Å²) in [5.41, 5.74) is 7.14. The van der Waals surface area contributed by atoms with Crippen molar-refractivity contribution in [1.29, 1.82) is 0 Å². The molecule has 1 aromatic rings. The molecule has 1 saturated carbocycles. The van der Waals surface area contributed by atoms with Crippen LogP contribution in [0.3, 0.4) is 0 Å². The molecular formula is C17H27NO. The zero-order chi connectivity index (χ0) is 13.5. The fourth-order valence-corrected chi connectivity index (χ4v) is 2.68. The smallest absolute Gasteiger partial charge is 0.119 e. The van der Waals surface area contributed by atoms with Crippen molar-refractivity contribution in [3.05, 3.63) is 29.8 Å². The summed E-state index contributed by atoms with van der Waals surface area (Å²) in [6.45, 7) is 2.06. The average molecular weight is 261 g/mol. The van der Waals surface area contributed by atoms with Crippen LogP contribution in [0.4, 0.5) is 0 Å². The highest BCUT2D eigenvalue weighted by Crippen LogP contribution is 2.23. The van der Waals surface area contributed by atoms with Crippen molar-refractivity contribution in [1.82, 2.24) is 0 Å². The first-order valence-corrected chi connectivity index (χ1v) is 7.75. The van der Waals surface area contributed by atoms with Gasteiger partial charge >= 0.3 is 0 Å². The Morgan fingerprint density at radius 1 is 1.11 bits per heavy atom. The highest BCUT2D eigenvalue weighted by Gasteiger charge is 2.13. The predicted molar refractivity (Wildman–Crippen MR) is 80.5 cm³/mol. The summed E-state index contributed by atoms with van der Waals surface area (Å²) in [7, 11) is 0. The van der Waals surface area contributed by atoms with E-state index in [-0.39, 0.29) is 6.04 Å². The molecule has 19 heavy (non-hydrogen) atoms. The third-order valence-corrected chi connectivity index (χ3v) is 3.92. The minimum atomic E-state index is 0.280. The molecule has 1 unspecified atom stereocenters. The molecule has 1 aliphatic carbocycles. The first-order chi connectivity index (χ1) is 9.24. The summed E-state index contributed by atoms with van der Waals surface area (Å²) in [6, 6.07) is 8.85. The molecular weight excluding hydrogens is 234 g/mol. The van der Waals surface area contributed by atoms with E-state index in [0.717, 1.165) is 18.6 Å². The second-order valence-corrected chi connectivity index (χ2v) is 5.89. The normalized spacial score (nSPS) is 18.8. The van der Waals surface area contributed by atoms with E-state index < -0.39 is 0 Å². The first kappa shape index (κ1) is 14.4. The predicted octanol–water partition coefficient (Wildman–Crippen LogP) is 4.07. The molecule has 0 spiro atoms. The molecule has 0 saturated heterocycles. The van der Waals surface area contributed by atoms with Crippen molar-refractivity contribution < 1.29 is 4.74 Å². The van der Waals surface area contributed by atoms with Gasteiger partial charge in [0.05, 0.1) is 6.10 Å². The van der Waals surface area contributed by atoms with Gasteiger partial charge in [0, 0.05) is 6.04 Å². The summed E-state index contributed by atoms with van der Waals surface area (Å²) >= 11 is 0.